The Labute approximate surface area is 102 Å². The second kappa shape index (κ2) is 8.65. The highest BCUT2D eigenvalue weighted by Gasteiger charge is 2.22. The Bertz CT molecular complexity index is 194. The van der Waals surface area contributed by atoms with Gasteiger partial charge in [-0.1, -0.05) is 40.5 Å². The van der Waals surface area contributed by atoms with E-state index < -0.39 is 0 Å². The Morgan fingerprint density at radius 3 is 2.38 bits per heavy atom. The van der Waals surface area contributed by atoms with Crippen molar-refractivity contribution in [1.82, 2.24) is 5.32 Å². The maximum Gasteiger partial charge on any atom is 0.0116 e. The Balaban J connectivity index is 3.80. The zero-order valence-corrected chi connectivity index (χ0v) is 11.6. The van der Waals surface area contributed by atoms with Gasteiger partial charge in [0.05, 0.1) is 0 Å². The van der Waals surface area contributed by atoms with Crippen molar-refractivity contribution < 1.29 is 0 Å². The van der Waals surface area contributed by atoms with Gasteiger partial charge in [-0.25, -0.2) is 0 Å². The molecule has 0 heterocycles. The third kappa shape index (κ3) is 7.77. The van der Waals surface area contributed by atoms with E-state index >= 15 is 0 Å². The monoisotopic (exact) mass is 223 g/mol. The van der Waals surface area contributed by atoms with E-state index in [-0.39, 0.29) is 0 Å². The lowest BCUT2D eigenvalue weighted by Crippen LogP contribution is -2.40. The zero-order chi connectivity index (χ0) is 12.4. The van der Waals surface area contributed by atoms with E-state index in [1.165, 1.54) is 32.1 Å². The first kappa shape index (κ1) is 15.5. The van der Waals surface area contributed by atoms with Crippen LogP contribution in [-0.4, -0.2) is 12.6 Å². The molecule has 1 atom stereocenters. The lowest BCUT2D eigenvalue weighted by atomic mass is 9.83. The summed E-state index contributed by atoms with van der Waals surface area (Å²) < 4.78 is 0. The van der Waals surface area contributed by atoms with Crippen molar-refractivity contribution in [1.29, 1.82) is 0 Å². The average molecular weight is 223 g/mol. The molecule has 1 unspecified atom stereocenters. The fraction of sp³-hybridized carbons (Fsp3) is 0.867. The number of hydrogen-bond donors (Lipinski definition) is 1. The first-order valence-electron chi connectivity index (χ1n) is 6.69. The minimum Gasteiger partial charge on any atom is -0.313 e. The summed E-state index contributed by atoms with van der Waals surface area (Å²) in [4.78, 5) is 0. The molecule has 16 heavy (non-hydrogen) atoms. The number of nitrogens with one attached hydrogen (secondary N) is 1. The molecule has 0 aromatic carbocycles. The SMILES string of the molecule is C#CCCCCCC(NCCC)C(C)(C)C. The van der Waals surface area contributed by atoms with Crippen molar-refractivity contribution in [3.8, 4) is 12.3 Å². The highest BCUT2D eigenvalue weighted by molar-refractivity contribution is 4.83. The largest absolute Gasteiger partial charge is 0.313 e. The molecule has 0 aliphatic rings. The first-order chi connectivity index (χ1) is 7.52. The van der Waals surface area contributed by atoms with Crippen LogP contribution in [0.5, 0.6) is 0 Å². The highest BCUT2D eigenvalue weighted by Crippen LogP contribution is 2.23. The number of unbranched alkanes of at least 4 members (excludes halogenated alkanes) is 3. The lowest BCUT2D eigenvalue weighted by molar-refractivity contribution is 0.249. The summed E-state index contributed by atoms with van der Waals surface area (Å²) in [6, 6.07) is 0.637. The standard InChI is InChI=1S/C15H29N/c1-6-8-9-10-11-12-14(15(3,4)5)16-13-7-2/h1,14,16H,7-13H2,2-5H3. The Hall–Kier alpha value is -0.480. The van der Waals surface area contributed by atoms with Crippen LogP contribution in [0.3, 0.4) is 0 Å². The average Bonchev–Trinajstić information content (AvgIpc) is 2.20. The summed E-state index contributed by atoms with van der Waals surface area (Å²) in [5.74, 6) is 2.70. The molecule has 0 spiro atoms. The van der Waals surface area contributed by atoms with Crippen LogP contribution in [0.1, 0.15) is 66.2 Å². The van der Waals surface area contributed by atoms with Gasteiger partial charge in [0.2, 0.25) is 0 Å². The van der Waals surface area contributed by atoms with E-state index in [0.717, 1.165) is 13.0 Å². The van der Waals surface area contributed by atoms with Gasteiger partial charge in [0.1, 0.15) is 0 Å². The first-order valence-corrected chi connectivity index (χ1v) is 6.69. The molecule has 0 amide bonds. The topological polar surface area (TPSA) is 12.0 Å². The summed E-state index contributed by atoms with van der Waals surface area (Å²) in [5, 5.41) is 3.66. The highest BCUT2D eigenvalue weighted by atomic mass is 14.9. The maximum atomic E-state index is 5.24. The van der Waals surface area contributed by atoms with Gasteiger partial charge in [-0.15, -0.1) is 12.3 Å². The van der Waals surface area contributed by atoms with Crippen molar-refractivity contribution in [2.75, 3.05) is 6.54 Å². The van der Waals surface area contributed by atoms with E-state index in [0.29, 0.717) is 11.5 Å². The van der Waals surface area contributed by atoms with E-state index in [2.05, 4.69) is 38.9 Å². The van der Waals surface area contributed by atoms with Crippen LogP contribution in [0, 0.1) is 17.8 Å². The molecular formula is C15H29N. The van der Waals surface area contributed by atoms with Gasteiger partial charge in [-0.2, -0.15) is 0 Å². The molecule has 0 aromatic rings. The van der Waals surface area contributed by atoms with Gasteiger partial charge < -0.3 is 5.32 Å². The molecule has 0 rings (SSSR count). The normalized spacial score (nSPS) is 13.4. The van der Waals surface area contributed by atoms with Crippen LogP contribution >= 0.6 is 0 Å². The molecule has 94 valence electrons. The smallest absolute Gasteiger partial charge is 0.0116 e. The molecular weight excluding hydrogens is 194 g/mol. The van der Waals surface area contributed by atoms with Crippen molar-refractivity contribution >= 4 is 0 Å². The van der Waals surface area contributed by atoms with Crippen LogP contribution in [-0.2, 0) is 0 Å². The summed E-state index contributed by atoms with van der Waals surface area (Å²) in [6.45, 7) is 10.3. The number of rotatable bonds is 8. The molecule has 1 nitrogen and oxygen atoms in total. The molecule has 1 heteroatoms. The molecule has 0 radical (unpaired) electrons. The van der Waals surface area contributed by atoms with E-state index in [4.69, 9.17) is 6.42 Å². The second-order valence-electron chi connectivity index (χ2n) is 5.68. The summed E-state index contributed by atoms with van der Waals surface area (Å²) in [7, 11) is 0. The molecule has 0 saturated carbocycles. The van der Waals surface area contributed by atoms with Gasteiger partial charge >= 0.3 is 0 Å². The third-order valence-corrected chi connectivity index (χ3v) is 3.00. The molecule has 1 N–H and O–H groups in total. The van der Waals surface area contributed by atoms with Gasteiger partial charge in [0, 0.05) is 12.5 Å². The third-order valence-electron chi connectivity index (χ3n) is 3.00. The second-order valence-corrected chi connectivity index (χ2v) is 5.68. The molecule has 0 aliphatic heterocycles. The minimum atomic E-state index is 0.362. The van der Waals surface area contributed by atoms with Crippen LogP contribution in [0.2, 0.25) is 0 Å². The van der Waals surface area contributed by atoms with Gasteiger partial charge in [0.25, 0.3) is 0 Å². The minimum absolute atomic E-state index is 0.362. The van der Waals surface area contributed by atoms with Crippen molar-refractivity contribution in [2.45, 2.75) is 72.3 Å². The maximum absolute atomic E-state index is 5.24. The van der Waals surface area contributed by atoms with Crippen molar-refractivity contribution in [2.24, 2.45) is 5.41 Å². The van der Waals surface area contributed by atoms with Crippen LogP contribution in [0.25, 0.3) is 0 Å². The van der Waals surface area contributed by atoms with E-state index in [9.17, 15) is 0 Å². The molecule has 0 saturated heterocycles. The number of hydrogen-bond acceptors (Lipinski definition) is 1. The lowest BCUT2D eigenvalue weighted by Gasteiger charge is -2.31. The quantitative estimate of drug-likeness (QED) is 0.485. The van der Waals surface area contributed by atoms with E-state index in [1.807, 2.05) is 0 Å². The predicted octanol–water partition coefficient (Wildman–Crippen LogP) is 3.98. The Morgan fingerprint density at radius 1 is 1.19 bits per heavy atom. The van der Waals surface area contributed by atoms with Crippen LogP contribution < -0.4 is 5.32 Å². The Kier molecular flexibility index (Phi) is 8.39. The zero-order valence-electron chi connectivity index (χ0n) is 11.6. The predicted molar refractivity (Wildman–Crippen MR) is 73.5 cm³/mol. The van der Waals surface area contributed by atoms with Crippen LogP contribution in [0.15, 0.2) is 0 Å². The van der Waals surface area contributed by atoms with Crippen molar-refractivity contribution in [3.05, 3.63) is 0 Å². The number of terminal acetylenes is 1. The van der Waals surface area contributed by atoms with Gasteiger partial charge in [-0.3, -0.25) is 0 Å². The van der Waals surface area contributed by atoms with Crippen molar-refractivity contribution in [3.63, 3.8) is 0 Å². The molecule has 0 aromatic heterocycles. The molecule has 0 bridgehead atoms. The van der Waals surface area contributed by atoms with E-state index in [1.54, 1.807) is 0 Å². The Morgan fingerprint density at radius 2 is 1.88 bits per heavy atom. The summed E-state index contributed by atoms with van der Waals surface area (Å²) in [5.41, 5.74) is 0.362. The van der Waals surface area contributed by atoms with Gasteiger partial charge in [-0.05, 0) is 31.2 Å². The fourth-order valence-electron chi connectivity index (χ4n) is 1.91. The van der Waals surface area contributed by atoms with Gasteiger partial charge in [0.15, 0.2) is 0 Å². The summed E-state index contributed by atoms with van der Waals surface area (Å²) in [6.07, 6.45) is 12.4. The summed E-state index contributed by atoms with van der Waals surface area (Å²) >= 11 is 0. The fourth-order valence-corrected chi connectivity index (χ4v) is 1.91. The van der Waals surface area contributed by atoms with Crippen LogP contribution in [0.4, 0.5) is 0 Å². The molecule has 0 aliphatic carbocycles. The molecule has 0 fully saturated rings.